The summed E-state index contributed by atoms with van der Waals surface area (Å²) in [7, 11) is -0.798. The molecule has 1 aliphatic carbocycles. The molecule has 1 rings (SSSR count). The highest BCUT2D eigenvalue weighted by Gasteiger charge is 2.15. The third kappa shape index (κ3) is 6.17. The Bertz CT molecular complexity index is 265. The van der Waals surface area contributed by atoms with Gasteiger partial charge >= 0.3 is 0 Å². The SMILES string of the molecule is CC(CCNC(=O)CNC1CCCC1)S(C)=O. The Morgan fingerprint density at radius 2 is 2.06 bits per heavy atom. The Morgan fingerprint density at radius 3 is 2.65 bits per heavy atom. The van der Waals surface area contributed by atoms with E-state index in [1.165, 1.54) is 25.7 Å². The van der Waals surface area contributed by atoms with Crippen molar-refractivity contribution in [1.29, 1.82) is 0 Å². The molecule has 1 fully saturated rings. The van der Waals surface area contributed by atoms with E-state index in [1.807, 2.05) is 6.92 Å². The van der Waals surface area contributed by atoms with Crippen molar-refractivity contribution in [3.05, 3.63) is 0 Å². The lowest BCUT2D eigenvalue weighted by atomic mass is 10.2. The number of nitrogens with one attached hydrogen (secondary N) is 2. The van der Waals surface area contributed by atoms with Crippen LogP contribution in [0.2, 0.25) is 0 Å². The Hall–Kier alpha value is -0.420. The van der Waals surface area contributed by atoms with Gasteiger partial charge in [0, 0.05) is 34.9 Å². The van der Waals surface area contributed by atoms with Crippen LogP contribution in [0.15, 0.2) is 0 Å². The molecule has 100 valence electrons. The first-order valence-corrected chi connectivity index (χ1v) is 8.04. The molecular weight excluding hydrogens is 236 g/mol. The normalized spacial score (nSPS) is 20.1. The lowest BCUT2D eigenvalue weighted by Gasteiger charge is -2.12. The Labute approximate surface area is 106 Å². The molecule has 0 aromatic carbocycles. The maximum Gasteiger partial charge on any atom is 0.233 e. The highest BCUT2D eigenvalue weighted by molar-refractivity contribution is 7.84. The van der Waals surface area contributed by atoms with Crippen molar-refractivity contribution in [3.63, 3.8) is 0 Å². The van der Waals surface area contributed by atoms with Gasteiger partial charge in [-0.25, -0.2) is 0 Å². The molecule has 0 saturated heterocycles. The maximum absolute atomic E-state index is 11.5. The van der Waals surface area contributed by atoms with Crippen molar-refractivity contribution < 1.29 is 9.00 Å². The summed E-state index contributed by atoms with van der Waals surface area (Å²) in [6.07, 6.45) is 7.42. The molecule has 2 N–H and O–H groups in total. The van der Waals surface area contributed by atoms with E-state index in [0.717, 1.165) is 6.42 Å². The van der Waals surface area contributed by atoms with Crippen molar-refractivity contribution in [2.24, 2.45) is 0 Å². The molecule has 1 aliphatic rings. The number of amides is 1. The second kappa shape index (κ2) is 7.82. The van der Waals surface area contributed by atoms with E-state index in [2.05, 4.69) is 10.6 Å². The highest BCUT2D eigenvalue weighted by atomic mass is 32.2. The van der Waals surface area contributed by atoms with Crippen molar-refractivity contribution in [1.82, 2.24) is 10.6 Å². The van der Waals surface area contributed by atoms with Crippen LogP contribution in [0.5, 0.6) is 0 Å². The largest absolute Gasteiger partial charge is 0.355 e. The first-order chi connectivity index (χ1) is 8.09. The molecule has 0 heterocycles. The number of carbonyl (C=O) groups excluding carboxylic acids is 1. The van der Waals surface area contributed by atoms with Crippen LogP contribution in [0.25, 0.3) is 0 Å². The molecule has 1 amide bonds. The number of rotatable bonds is 7. The lowest BCUT2D eigenvalue weighted by Crippen LogP contribution is -2.39. The predicted octanol–water partition coefficient (Wildman–Crippen LogP) is 0.792. The molecule has 0 bridgehead atoms. The number of carbonyl (C=O) groups is 1. The molecule has 0 radical (unpaired) electrons. The molecule has 2 unspecified atom stereocenters. The van der Waals surface area contributed by atoms with Gasteiger partial charge in [0.1, 0.15) is 0 Å². The van der Waals surface area contributed by atoms with Gasteiger partial charge in [-0.15, -0.1) is 0 Å². The first kappa shape index (κ1) is 14.6. The van der Waals surface area contributed by atoms with E-state index in [0.29, 0.717) is 19.1 Å². The summed E-state index contributed by atoms with van der Waals surface area (Å²) in [6.45, 7) is 2.97. The van der Waals surface area contributed by atoms with Crippen LogP contribution in [0, 0.1) is 0 Å². The summed E-state index contributed by atoms with van der Waals surface area (Å²) >= 11 is 0. The Kier molecular flexibility index (Phi) is 6.73. The fourth-order valence-corrected chi connectivity index (χ4v) is 2.46. The lowest BCUT2D eigenvalue weighted by molar-refractivity contribution is -0.120. The monoisotopic (exact) mass is 260 g/mol. The maximum atomic E-state index is 11.5. The molecule has 0 spiro atoms. The first-order valence-electron chi connectivity index (χ1n) is 6.42. The van der Waals surface area contributed by atoms with E-state index in [1.54, 1.807) is 6.26 Å². The standard InChI is InChI=1S/C12H24N2O2S/c1-10(17(2)16)7-8-13-12(15)9-14-11-5-3-4-6-11/h10-11,14H,3-9H2,1-2H3,(H,13,15). The van der Waals surface area contributed by atoms with Gasteiger partial charge in [-0.3, -0.25) is 9.00 Å². The molecule has 0 aromatic rings. The summed E-state index contributed by atoms with van der Waals surface area (Å²) in [5, 5.41) is 6.28. The van der Waals surface area contributed by atoms with Gasteiger partial charge in [0.25, 0.3) is 0 Å². The van der Waals surface area contributed by atoms with Gasteiger partial charge in [0.15, 0.2) is 0 Å². The van der Waals surface area contributed by atoms with E-state index >= 15 is 0 Å². The fourth-order valence-electron chi connectivity index (χ4n) is 2.01. The third-order valence-corrected chi connectivity index (χ3v) is 4.72. The minimum absolute atomic E-state index is 0.0472. The Balaban J connectivity index is 2.02. The van der Waals surface area contributed by atoms with Gasteiger partial charge in [-0.2, -0.15) is 0 Å². The molecular formula is C12H24N2O2S. The Morgan fingerprint density at radius 1 is 1.41 bits per heavy atom. The van der Waals surface area contributed by atoms with Crippen LogP contribution in [0.3, 0.4) is 0 Å². The van der Waals surface area contributed by atoms with Crippen LogP contribution in [0.4, 0.5) is 0 Å². The van der Waals surface area contributed by atoms with Crippen LogP contribution < -0.4 is 10.6 Å². The van der Waals surface area contributed by atoms with Gasteiger partial charge < -0.3 is 10.6 Å². The summed E-state index contributed by atoms with van der Waals surface area (Å²) in [4.78, 5) is 11.5. The molecule has 17 heavy (non-hydrogen) atoms. The van der Waals surface area contributed by atoms with Crippen molar-refractivity contribution in [3.8, 4) is 0 Å². The fraction of sp³-hybridized carbons (Fsp3) is 0.917. The van der Waals surface area contributed by atoms with Gasteiger partial charge in [-0.05, 0) is 19.3 Å². The molecule has 0 aliphatic heterocycles. The average Bonchev–Trinajstić information content (AvgIpc) is 2.78. The van der Waals surface area contributed by atoms with E-state index in [4.69, 9.17) is 0 Å². The molecule has 1 saturated carbocycles. The topological polar surface area (TPSA) is 58.2 Å². The van der Waals surface area contributed by atoms with Crippen LogP contribution in [-0.4, -0.2) is 40.8 Å². The summed E-state index contributed by atoms with van der Waals surface area (Å²) in [6, 6.07) is 0.530. The van der Waals surface area contributed by atoms with Gasteiger partial charge in [-0.1, -0.05) is 19.8 Å². The smallest absolute Gasteiger partial charge is 0.233 e. The van der Waals surface area contributed by atoms with E-state index < -0.39 is 10.8 Å². The molecule has 0 aromatic heterocycles. The minimum Gasteiger partial charge on any atom is -0.355 e. The quantitative estimate of drug-likeness (QED) is 0.711. The van der Waals surface area contributed by atoms with E-state index in [-0.39, 0.29) is 11.2 Å². The van der Waals surface area contributed by atoms with Crippen LogP contribution in [0.1, 0.15) is 39.0 Å². The van der Waals surface area contributed by atoms with Crippen LogP contribution in [-0.2, 0) is 15.6 Å². The molecule has 5 heteroatoms. The zero-order valence-corrected chi connectivity index (χ0v) is 11.6. The highest BCUT2D eigenvalue weighted by Crippen LogP contribution is 2.17. The van der Waals surface area contributed by atoms with Crippen molar-refractivity contribution in [2.45, 2.75) is 50.3 Å². The number of hydrogen-bond acceptors (Lipinski definition) is 3. The summed E-state index contributed by atoms with van der Waals surface area (Å²) < 4.78 is 11.1. The van der Waals surface area contributed by atoms with Gasteiger partial charge in [0.2, 0.25) is 5.91 Å². The third-order valence-electron chi connectivity index (χ3n) is 3.35. The average molecular weight is 260 g/mol. The zero-order valence-electron chi connectivity index (χ0n) is 10.8. The van der Waals surface area contributed by atoms with E-state index in [9.17, 15) is 9.00 Å². The van der Waals surface area contributed by atoms with Gasteiger partial charge in [0.05, 0.1) is 6.54 Å². The number of hydrogen-bond donors (Lipinski definition) is 2. The summed E-state index contributed by atoms with van der Waals surface area (Å²) in [5.41, 5.74) is 0. The minimum atomic E-state index is -0.798. The summed E-state index contributed by atoms with van der Waals surface area (Å²) in [5.74, 6) is 0.0472. The molecule has 4 nitrogen and oxygen atoms in total. The van der Waals surface area contributed by atoms with Crippen molar-refractivity contribution in [2.75, 3.05) is 19.3 Å². The second-order valence-electron chi connectivity index (χ2n) is 4.81. The van der Waals surface area contributed by atoms with Crippen molar-refractivity contribution >= 4 is 16.7 Å². The zero-order chi connectivity index (χ0) is 12.7. The molecule has 2 atom stereocenters. The predicted molar refractivity (Wildman–Crippen MR) is 71.4 cm³/mol. The second-order valence-corrected chi connectivity index (χ2v) is 6.61. The van der Waals surface area contributed by atoms with Crippen LogP contribution >= 0.6 is 0 Å².